The first kappa shape index (κ1) is 23.8. The van der Waals surface area contributed by atoms with Gasteiger partial charge >= 0.3 is 0 Å². The van der Waals surface area contributed by atoms with Crippen LogP contribution in [0.5, 0.6) is 5.75 Å². The molecule has 3 aliphatic carbocycles. The van der Waals surface area contributed by atoms with Crippen molar-refractivity contribution in [1.82, 2.24) is 5.32 Å². The van der Waals surface area contributed by atoms with E-state index in [9.17, 15) is 15.0 Å². The van der Waals surface area contributed by atoms with E-state index in [2.05, 4.69) is 5.32 Å². The third-order valence-electron chi connectivity index (χ3n) is 7.77. The molecular weight excluding hydrogens is 414 g/mol. The summed E-state index contributed by atoms with van der Waals surface area (Å²) >= 11 is 0. The molecule has 3 fully saturated rings. The minimum Gasteiger partial charge on any atom is -0.493 e. The Kier molecular flexibility index (Phi) is 6.56. The molecule has 3 saturated carbocycles. The van der Waals surface area contributed by atoms with Crippen LogP contribution in [-0.2, 0) is 10.4 Å². The average molecular weight is 452 g/mol. The van der Waals surface area contributed by atoms with Gasteiger partial charge in [-0.05, 0) is 88.5 Å². The standard InChI is InChI=1S/C28H37NO4/c1-26(2,31)24(29-25(30)27(3,32)22-7-5-4-6-8-22)21-9-11-23(12-10-21)33-19-28-16-13-20(14-17-28)15-18-28/h4-12,20,24,31-32H,13-19H2,1-3H3,(H,29,30)/t20?,24-,27-,28?/m1/s1. The number of benzene rings is 2. The maximum absolute atomic E-state index is 13.0. The molecule has 0 aromatic heterocycles. The second-order valence-corrected chi connectivity index (χ2v) is 10.8. The summed E-state index contributed by atoms with van der Waals surface area (Å²) in [6.45, 7) is 5.52. The highest BCUT2D eigenvalue weighted by Crippen LogP contribution is 2.50. The summed E-state index contributed by atoms with van der Waals surface area (Å²) in [5.74, 6) is 1.17. The number of amides is 1. The number of hydrogen-bond acceptors (Lipinski definition) is 4. The van der Waals surface area contributed by atoms with Crippen molar-refractivity contribution < 1.29 is 19.7 Å². The van der Waals surface area contributed by atoms with Crippen LogP contribution in [0, 0.1) is 11.3 Å². The molecule has 5 heteroatoms. The summed E-state index contributed by atoms with van der Waals surface area (Å²) in [5, 5.41) is 24.5. The second kappa shape index (κ2) is 9.11. The lowest BCUT2D eigenvalue weighted by atomic mass is 9.61. The maximum Gasteiger partial charge on any atom is 0.256 e. The van der Waals surface area contributed by atoms with Gasteiger partial charge < -0.3 is 20.3 Å². The summed E-state index contributed by atoms with van der Waals surface area (Å²) in [6, 6.07) is 15.7. The highest BCUT2D eigenvalue weighted by atomic mass is 16.5. The molecule has 3 aliphatic rings. The van der Waals surface area contributed by atoms with Gasteiger partial charge in [-0.1, -0.05) is 42.5 Å². The molecule has 178 valence electrons. The van der Waals surface area contributed by atoms with Crippen LogP contribution >= 0.6 is 0 Å². The van der Waals surface area contributed by atoms with E-state index < -0.39 is 23.2 Å². The van der Waals surface area contributed by atoms with Gasteiger partial charge in [-0.25, -0.2) is 0 Å². The van der Waals surface area contributed by atoms with Gasteiger partial charge in [0, 0.05) is 5.41 Å². The molecule has 2 aromatic carbocycles. The van der Waals surface area contributed by atoms with Crippen LogP contribution in [0.25, 0.3) is 0 Å². The molecule has 2 bridgehead atoms. The topological polar surface area (TPSA) is 78.8 Å². The van der Waals surface area contributed by atoms with Gasteiger partial charge in [-0.3, -0.25) is 4.79 Å². The Labute approximate surface area is 197 Å². The first-order valence-electron chi connectivity index (χ1n) is 12.1. The molecule has 5 rings (SSSR count). The van der Waals surface area contributed by atoms with E-state index in [-0.39, 0.29) is 0 Å². The number of ether oxygens (including phenoxy) is 1. The van der Waals surface area contributed by atoms with E-state index in [1.165, 1.54) is 45.4 Å². The van der Waals surface area contributed by atoms with Gasteiger partial charge in [0.15, 0.2) is 5.60 Å². The van der Waals surface area contributed by atoms with Gasteiger partial charge in [0.25, 0.3) is 5.91 Å². The number of rotatable bonds is 8. The molecule has 2 aromatic rings. The van der Waals surface area contributed by atoms with Crippen LogP contribution < -0.4 is 10.1 Å². The molecule has 0 aliphatic heterocycles. The van der Waals surface area contributed by atoms with Crippen molar-refractivity contribution in [3.8, 4) is 5.75 Å². The number of aliphatic hydroxyl groups is 2. The van der Waals surface area contributed by atoms with Crippen molar-refractivity contribution in [2.24, 2.45) is 11.3 Å². The summed E-state index contributed by atoms with van der Waals surface area (Å²) in [7, 11) is 0. The zero-order chi connectivity index (χ0) is 23.7. The van der Waals surface area contributed by atoms with Crippen molar-refractivity contribution in [1.29, 1.82) is 0 Å². The molecule has 0 heterocycles. The van der Waals surface area contributed by atoms with E-state index in [0.717, 1.165) is 23.8 Å². The van der Waals surface area contributed by atoms with Crippen molar-refractivity contribution in [2.45, 2.75) is 76.5 Å². The van der Waals surface area contributed by atoms with Crippen LogP contribution in [0.2, 0.25) is 0 Å². The van der Waals surface area contributed by atoms with Gasteiger partial charge in [-0.15, -0.1) is 0 Å². The van der Waals surface area contributed by atoms with Crippen LogP contribution in [0.1, 0.15) is 76.5 Å². The third kappa shape index (κ3) is 5.25. The molecule has 5 nitrogen and oxygen atoms in total. The number of carbonyl (C=O) groups is 1. The number of hydrogen-bond donors (Lipinski definition) is 3. The van der Waals surface area contributed by atoms with E-state index in [4.69, 9.17) is 4.74 Å². The minimum atomic E-state index is -1.72. The Bertz CT molecular complexity index is 924. The molecule has 3 N–H and O–H groups in total. The number of carbonyl (C=O) groups excluding carboxylic acids is 1. The fourth-order valence-corrected chi connectivity index (χ4v) is 5.38. The fourth-order valence-electron chi connectivity index (χ4n) is 5.38. The molecule has 0 radical (unpaired) electrons. The lowest BCUT2D eigenvalue weighted by molar-refractivity contribution is -0.141. The van der Waals surface area contributed by atoms with Crippen molar-refractivity contribution in [3.63, 3.8) is 0 Å². The van der Waals surface area contributed by atoms with Crippen molar-refractivity contribution >= 4 is 5.91 Å². The second-order valence-electron chi connectivity index (χ2n) is 10.8. The van der Waals surface area contributed by atoms with Crippen LogP contribution in [-0.4, -0.2) is 28.3 Å². The van der Waals surface area contributed by atoms with Crippen molar-refractivity contribution in [2.75, 3.05) is 6.61 Å². The van der Waals surface area contributed by atoms with Gasteiger partial charge in [0.2, 0.25) is 0 Å². The Morgan fingerprint density at radius 2 is 1.58 bits per heavy atom. The smallest absolute Gasteiger partial charge is 0.256 e. The largest absolute Gasteiger partial charge is 0.493 e. The quantitative estimate of drug-likeness (QED) is 0.535. The lowest BCUT2D eigenvalue weighted by Crippen LogP contribution is -2.49. The lowest BCUT2D eigenvalue weighted by Gasteiger charge is -2.46. The summed E-state index contributed by atoms with van der Waals surface area (Å²) in [4.78, 5) is 13.0. The first-order valence-corrected chi connectivity index (χ1v) is 12.1. The predicted octanol–water partition coefficient (Wildman–Crippen LogP) is 4.87. The molecule has 33 heavy (non-hydrogen) atoms. The fraction of sp³-hybridized carbons (Fsp3) is 0.536. The van der Waals surface area contributed by atoms with Gasteiger partial charge in [-0.2, -0.15) is 0 Å². The molecule has 2 atom stereocenters. The Morgan fingerprint density at radius 3 is 2.12 bits per heavy atom. The van der Waals surface area contributed by atoms with E-state index in [1.54, 1.807) is 38.1 Å². The van der Waals surface area contributed by atoms with Crippen molar-refractivity contribution in [3.05, 3.63) is 65.7 Å². The maximum atomic E-state index is 13.0. The summed E-state index contributed by atoms with van der Waals surface area (Å²) < 4.78 is 6.19. The van der Waals surface area contributed by atoms with Crippen LogP contribution in [0.15, 0.2) is 54.6 Å². The van der Waals surface area contributed by atoms with Gasteiger partial charge in [0.1, 0.15) is 5.75 Å². The first-order chi connectivity index (χ1) is 15.6. The monoisotopic (exact) mass is 451 g/mol. The minimum absolute atomic E-state index is 0.333. The number of fused-ring (bicyclic) bond motifs is 3. The normalized spacial score (nSPS) is 25.2. The molecule has 1 amide bonds. The van der Waals surface area contributed by atoms with E-state index in [1.807, 2.05) is 30.3 Å². The van der Waals surface area contributed by atoms with E-state index >= 15 is 0 Å². The highest BCUT2D eigenvalue weighted by molar-refractivity contribution is 5.86. The zero-order valence-electron chi connectivity index (χ0n) is 20.0. The van der Waals surface area contributed by atoms with E-state index in [0.29, 0.717) is 11.0 Å². The number of nitrogens with one attached hydrogen (secondary N) is 1. The molecular formula is C28H37NO4. The average Bonchev–Trinajstić information content (AvgIpc) is 2.82. The highest BCUT2D eigenvalue weighted by Gasteiger charge is 2.41. The SMILES string of the molecule is CC(C)(O)[C@H](NC(=O)[C@](C)(O)c1ccccc1)c1ccc(OCC23CCC(CC2)CC3)cc1. The Balaban J connectivity index is 1.44. The Morgan fingerprint density at radius 1 is 1.00 bits per heavy atom. The third-order valence-corrected chi connectivity index (χ3v) is 7.77. The molecule has 0 saturated heterocycles. The molecule has 0 unspecified atom stereocenters. The van der Waals surface area contributed by atoms with Crippen LogP contribution in [0.4, 0.5) is 0 Å². The Hall–Kier alpha value is -2.37. The predicted molar refractivity (Wildman–Crippen MR) is 129 cm³/mol. The summed E-state index contributed by atoms with van der Waals surface area (Å²) in [5.41, 5.74) is -1.36. The molecule has 0 spiro atoms. The zero-order valence-corrected chi connectivity index (χ0v) is 20.0. The van der Waals surface area contributed by atoms with Crippen LogP contribution in [0.3, 0.4) is 0 Å². The summed E-state index contributed by atoms with van der Waals surface area (Å²) in [6.07, 6.45) is 7.81. The van der Waals surface area contributed by atoms with Gasteiger partial charge in [0.05, 0.1) is 18.2 Å².